The maximum absolute atomic E-state index is 5.99. The summed E-state index contributed by atoms with van der Waals surface area (Å²) in [6.07, 6.45) is 3.27. The quantitative estimate of drug-likeness (QED) is 0.510. The summed E-state index contributed by atoms with van der Waals surface area (Å²) in [4.78, 5) is 0. The van der Waals surface area contributed by atoms with Crippen LogP contribution in [0.2, 0.25) is 0 Å². The first-order chi connectivity index (χ1) is 13.5. The fraction of sp³-hybridized carbons (Fsp3) is 0.500. The monoisotopic (exact) mass is 445 g/mol. The Morgan fingerprint density at radius 2 is 2.00 bits per heavy atom. The minimum Gasteiger partial charge on any atom is -0.496 e. The van der Waals surface area contributed by atoms with E-state index >= 15 is 0 Å². The highest BCUT2D eigenvalue weighted by Gasteiger charge is 2.35. The zero-order valence-corrected chi connectivity index (χ0v) is 18.8. The maximum atomic E-state index is 5.99. The van der Waals surface area contributed by atoms with Gasteiger partial charge in [-0.2, -0.15) is 0 Å². The van der Waals surface area contributed by atoms with E-state index in [9.17, 15) is 0 Å². The van der Waals surface area contributed by atoms with Crippen LogP contribution in [0.4, 0.5) is 0 Å². The van der Waals surface area contributed by atoms with Crippen LogP contribution in [0.1, 0.15) is 50.2 Å². The summed E-state index contributed by atoms with van der Waals surface area (Å²) in [7, 11) is 1.77. The van der Waals surface area contributed by atoms with Crippen LogP contribution in [0, 0.1) is 5.92 Å². The van der Waals surface area contributed by atoms with Crippen molar-refractivity contribution in [3.8, 4) is 5.75 Å². The summed E-state index contributed by atoms with van der Waals surface area (Å²) in [5, 5.41) is 3.63. The number of nitrogens with one attached hydrogen (secondary N) is 1. The third-order valence-electron chi connectivity index (χ3n) is 5.70. The average Bonchev–Trinajstić information content (AvgIpc) is 2.68. The molecule has 0 aliphatic carbocycles. The molecule has 0 spiro atoms. The van der Waals surface area contributed by atoms with Crippen molar-refractivity contribution in [2.75, 3.05) is 20.3 Å². The smallest absolute Gasteiger partial charge is 0.123 e. The highest BCUT2D eigenvalue weighted by Crippen LogP contribution is 2.43. The highest BCUT2D eigenvalue weighted by molar-refractivity contribution is 9.10. The van der Waals surface area contributed by atoms with E-state index in [4.69, 9.17) is 9.47 Å². The average molecular weight is 446 g/mol. The molecule has 1 aliphatic heterocycles. The fourth-order valence-corrected chi connectivity index (χ4v) is 4.69. The van der Waals surface area contributed by atoms with Crippen molar-refractivity contribution >= 4 is 15.9 Å². The minimum atomic E-state index is -0.0543. The van der Waals surface area contributed by atoms with Gasteiger partial charge in [-0.1, -0.05) is 52.3 Å². The van der Waals surface area contributed by atoms with Gasteiger partial charge in [0.05, 0.1) is 12.7 Å². The second-order valence-corrected chi connectivity index (χ2v) is 9.22. The lowest BCUT2D eigenvalue weighted by Gasteiger charge is -2.40. The Morgan fingerprint density at radius 3 is 2.71 bits per heavy atom. The SMILES string of the molecule is COc1cc(Br)ccc1[C@@H](CCNCc1ccccc1)[C@@H]1CCOC(C)(C)C1. The molecule has 0 aromatic heterocycles. The second kappa shape index (κ2) is 9.91. The Balaban J connectivity index is 1.73. The van der Waals surface area contributed by atoms with Crippen LogP contribution in [-0.4, -0.2) is 25.9 Å². The van der Waals surface area contributed by atoms with Crippen molar-refractivity contribution in [3.63, 3.8) is 0 Å². The van der Waals surface area contributed by atoms with Crippen LogP contribution in [0.15, 0.2) is 53.0 Å². The molecule has 0 radical (unpaired) electrons. The predicted octanol–water partition coefficient (Wildman–Crippen LogP) is 5.93. The first-order valence-electron chi connectivity index (χ1n) is 10.2. The molecule has 152 valence electrons. The number of hydrogen-bond donors (Lipinski definition) is 1. The summed E-state index contributed by atoms with van der Waals surface area (Å²) >= 11 is 3.58. The van der Waals surface area contributed by atoms with Gasteiger partial charge in [-0.05, 0) is 74.8 Å². The molecule has 28 heavy (non-hydrogen) atoms. The standard InChI is InChI=1S/C24H32BrNO2/c1-24(2)16-19(12-14-28-24)21(22-10-9-20(25)15-23(22)27-3)11-13-26-17-18-7-5-4-6-8-18/h4-10,15,19,21,26H,11-14,16-17H2,1-3H3/t19-,21+/m1/s1. The number of ether oxygens (including phenoxy) is 2. The molecular formula is C24H32BrNO2. The molecule has 2 aromatic carbocycles. The van der Waals surface area contributed by atoms with Gasteiger partial charge >= 0.3 is 0 Å². The van der Waals surface area contributed by atoms with Gasteiger partial charge in [0.1, 0.15) is 5.75 Å². The summed E-state index contributed by atoms with van der Waals surface area (Å²) in [5.74, 6) is 2.03. The Labute approximate surface area is 178 Å². The van der Waals surface area contributed by atoms with Crippen LogP contribution in [0.25, 0.3) is 0 Å². The molecule has 0 amide bonds. The van der Waals surface area contributed by atoms with E-state index in [0.29, 0.717) is 11.8 Å². The van der Waals surface area contributed by atoms with E-state index in [1.54, 1.807) is 7.11 Å². The highest BCUT2D eigenvalue weighted by atomic mass is 79.9. The van der Waals surface area contributed by atoms with Gasteiger partial charge in [0, 0.05) is 17.6 Å². The lowest BCUT2D eigenvalue weighted by atomic mass is 9.75. The number of methoxy groups -OCH3 is 1. The third kappa shape index (κ3) is 5.82. The van der Waals surface area contributed by atoms with Gasteiger partial charge < -0.3 is 14.8 Å². The van der Waals surface area contributed by atoms with Gasteiger partial charge in [-0.25, -0.2) is 0 Å². The van der Waals surface area contributed by atoms with Crippen LogP contribution in [0.5, 0.6) is 5.75 Å². The van der Waals surface area contributed by atoms with Crippen LogP contribution < -0.4 is 10.1 Å². The Hall–Kier alpha value is -1.36. The van der Waals surface area contributed by atoms with Crippen molar-refractivity contribution in [3.05, 3.63) is 64.1 Å². The number of benzene rings is 2. The van der Waals surface area contributed by atoms with Gasteiger partial charge in [-0.15, -0.1) is 0 Å². The van der Waals surface area contributed by atoms with Crippen molar-refractivity contribution < 1.29 is 9.47 Å². The normalized spacial score (nSPS) is 19.9. The Bertz CT molecular complexity index is 748. The van der Waals surface area contributed by atoms with Gasteiger partial charge in [-0.3, -0.25) is 0 Å². The molecule has 1 fully saturated rings. The van der Waals surface area contributed by atoms with E-state index in [1.807, 2.05) is 0 Å². The van der Waals surface area contributed by atoms with Crippen molar-refractivity contribution in [1.29, 1.82) is 0 Å². The largest absolute Gasteiger partial charge is 0.496 e. The van der Waals surface area contributed by atoms with E-state index in [2.05, 4.69) is 83.6 Å². The molecule has 1 heterocycles. The van der Waals surface area contributed by atoms with Crippen molar-refractivity contribution in [1.82, 2.24) is 5.32 Å². The molecule has 0 unspecified atom stereocenters. The van der Waals surface area contributed by atoms with Gasteiger partial charge in [0.15, 0.2) is 0 Å². The summed E-state index contributed by atoms with van der Waals surface area (Å²) in [6.45, 7) is 7.15. The molecule has 3 nitrogen and oxygen atoms in total. The molecule has 0 bridgehead atoms. The van der Waals surface area contributed by atoms with Gasteiger partial charge in [0.25, 0.3) is 0 Å². The topological polar surface area (TPSA) is 30.5 Å². The summed E-state index contributed by atoms with van der Waals surface area (Å²) in [6, 6.07) is 17.0. The lowest BCUT2D eigenvalue weighted by molar-refractivity contribution is -0.0772. The van der Waals surface area contributed by atoms with Gasteiger partial charge in [0.2, 0.25) is 0 Å². The van der Waals surface area contributed by atoms with Crippen LogP contribution >= 0.6 is 15.9 Å². The zero-order valence-electron chi connectivity index (χ0n) is 17.2. The van der Waals surface area contributed by atoms with Crippen LogP contribution in [0.3, 0.4) is 0 Å². The van der Waals surface area contributed by atoms with Crippen LogP contribution in [-0.2, 0) is 11.3 Å². The van der Waals surface area contributed by atoms with E-state index in [-0.39, 0.29) is 5.60 Å². The molecule has 2 aromatic rings. The third-order valence-corrected chi connectivity index (χ3v) is 6.20. The zero-order chi connectivity index (χ0) is 20.0. The fourth-order valence-electron chi connectivity index (χ4n) is 4.35. The van der Waals surface area contributed by atoms with Crippen molar-refractivity contribution in [2.24, 2.45) is 5.92 Å². The molecule has 0 saturated carbocycles. The molecule has 1 N–H and O–H groups in total. The van der Waals surface area contributed by atoms with E-state index < -0.39 is 0 Å². The molecule has 1 saturated heterocycles. The predicted molar refractivity (Wildman–Crippen MR) is 119 cm³/mol. The Kier molecular flexibility index (Phi) is 7.55. The summed E-state index contributed by atoms with van der Waals surface area (Å²) < 4.78 is 12.8. The minimum absolute atomic E-state index is 0.0543. The number of halogens is 1. The Morgan fingerprint density at radius 1 is 1.21 bits per heavy atom. The van der Waals surface area contributed by atoms with Crippen molar-refractivity contribution in [2.45, 2.75) is 51.2 Å². The maximum Gasteiger partial charge on any atom is 0.123 e. The lowest BCUT2D eigenvalue weighted by Crippen LogP contribution is -2.37. The molecule has 1 aliphatic rings. The molecule has 4 heteroatoms. The number of hydrogen-bond acceptors (Lipinski definition) is 3. The molecular weight excluding hydrogens is 414 g/mol. The summed E-state index contributed by atoms with van der Waals surface area (Å²) in [5.41, 5.74) is 2.59. The molecule has 3 rings (SSSR count). The number of rotatable bonds is 8. The van der Waals surface area contributed by atoms with E-state index in [1.165, 1.54) is 11.1 Å². The molecule has 2 atom stereocenters. The first kappa shape index (κ1) is 21.4. The van der Waals surface area contributed by atoms with E-state index in [0.717, 1.165) is 49.2 Å². The first-order valence-corrected chi connectivity index (χ1v) is 11.0. The second-order valence-electron chi connectivity index (χ2n) is 8.30.